The van der Waals surface area contributed by atoms with Crippen LogP contribution in [0.3, 0.4) is 0 Å². The maximum absolute atomic E-state index is 5.56. The smallest absolute Gasteiger partial charge is 0.231 e. The van der Waals surface area contributed by atoms with Gasteiger partial charge in [-0.05, 0) is 36.6 Å². The lowest BCUT2D eigenvalue weighted by Crippen LogP contribution is -2.05. The highest BCUT2D eigenvalue weighted by molar-refractivity contribution is 9.10. The minimum atomic E-state index is 0.316. The van der Waals surface area contributed by atoms with Crippen molar-refractivity contribution in [3.05, 3.63) is 22.2 Å². The Hall–Kier alpha value is -0.740. The summed E-state index contributed by atoms with van der Waals surface area (Å²) in [5.41, 5.74) is 6.78. The van der Waals surface area contributed by atoms with Crippen LogP contribution in [0.5, 0.6) is 11.5 Å². The van der Waals surface area contributed by atoms with Crippen molar-refractivity contribution >= 4 is 15.9 Å². The molecular weight excluding hydrogens is 258 g/mol. The zero-order valence-corrected chi connectivity index (χ0v) is 10.2. The highest BCUT2D eigenvalue weighted by Gasteiger charge is 2.18. The summed E-state index contributed by atoms with van der Waals surface area (Å²) in [7, 11) is 0. The molecule has 1 aliphatic heterocycles. The van der Waals surface area contributed by atoms with E-state index >= 15 is 0 Å². The van der Waals surface area contributed by atoms with Gasteiger partial charge in [0.2, 0.25) is 6.79 Å². The second-order valence-electron chi connectivity index (χ2n) is 3.71. The lowest BCUT2D eigenvalue weighted by Gasteiger charge is -2.13. The molecule has 4 heteroatoms. The first-order chi connectivity index (χ1) is 7.22. The van der Waals surface area contributed by atoms with E-state index in [1.54, 1.807) is 0 Å². The molecule has 0 fully saturated rings. The number of hydrogen-bond donors (Lipinski definition) is 1. The Morgan fingerprint density at radius 2 is 2.07 bits per heavy atom. The van der Waals surface area contributed by atoms with Gasteiger partial charge in [0.05, 0.1) is 0 Å². The maximum atomic E-state index is 5.56. The third-order valence-electron chi connectivity index (χ3n) is 2.62. The van der Waals surface area contributed by atoms with E-state index in [1.165, 1.54) is 5.56 Å². The van der Waals surface area contributed by atoms with Crippen LogP contribution in [0.1, 0.15) is 24.8 Å². The van der Waals surface area contributed by atoms with Gasteiger partial charge in [0.25, 0.3) is 0 Å². The summed E-state index contributed by atoms with van der Waals surface area (Å²) in [6, 6.07) is 4.00. The standard InChI is InChI=1S/C11H14BrNO2/c1-7(2-3-13)8-4-10-11(5-9(8)12)15-6-14-10/h4-5,7H,2-3,6,13H2,1H3. The van der Waals surface area contributed by atoms with Crippen molar-refractivity contribution in [3.63, 3.8) is 0 Å². The summed E-state index contributed by atoms with van der Waals surface area (Å²) in [5.74, 6) is 2.07. The third kappa shape index (κ3) is 2.11. The van der Waals surface area contributed by atoms with Crippen LogP contribution in [0.2, 0.25) is 0 Å². The topological polar surface area (TPSA) is 44.5 Å². The molecule has 0 saturated heterocycles. The first-order valence-corrected chi connectivity index (χ1v) is 5.80. The SMILES string of the molecule is CC(CCN)c1cc2c(cc1Br)OCO2. The van der Waals surface area contributed by atoms with E-state index in [4.69, 9.17) is 15.2 Å². The molecule has 1 heterocycles. The summed E-state index contributed by atoms with van der Waals surface area (Å²) < 4.78 is 11.7. The van der Waals surface area contributed by atoms with Crippen LogP contribution in [-0.4, -0.2) is 13.3 Å². The Balaban J connectivity index is 2.31. The van der Waals surface area contributed by atoms with E-state index in [2.05, 4.69) is 22.9 Å². The van der Waals surface area contributed by atoms with Crippen LogP contribution in [0, 0.1) is 0 Å². The predicted molar refractivity (Wildman–Crippen MR) is 62.4 cm³/mol. The maximum Gasteiger partial charge on any atom is 0.231 e. The molecule has 0 bridgehead atoms. The Kier molecular flexibility index (Phi) is 3.17. The second kappa shape index (κ2) is 4.41. The van der Waals surface area contributed by atoms with Crippen LogP contribution in [0.4, 0.5) is 0 Å². The van der Waals surface area contributed by atoms with Gasteiger partial charge in [-0.3, -0.25) is 0 Å². The first kappa shape index (κ1) is 10.8. The van der Waals surface area contributed by atoms with Gasteiger partial charge in [-0.2, -0.15) is 0 Å². The molecule has 3 nitrogen and oxygen atoms in total. The molecule has 1 aromatic carbocycles. The number of fused-ring (bicyclic) bond motifs is 1. The fourth-order valence-corrected chi connectivity index (χ4v) is 2.43. The van der Waals surface area contributed by atoms with Crippen molar-refractivity contribution in [2.45, 2.75) is 19.3 Å². The molecule has 0 aliphatic carbocycles. The van der Waals surface area contributed by atoms with Crippen molar-refractivity contribution in [2.24, 2.45) is 5.73 Å². The summed E-state index contributed by atoms with van der Waals surface area (Å²) in [4.78, 5) is 0. The number of ether oxygens (including phenoxy) is 2. The summed E-state index contributed by atoms with van der Waals surface area (Å²) in [5, 5.41) is 0. The largest absolute Gasteiger partial charge is 0.454 e. The van der Waals surface area contributed by atoms with E-state index in [9.17, 15) is 0 Å². The zero-order chi connectivity index (χ0) is 10.8. The van der Waals surface area contributed by atoms with Gasteiger partial charge in [0.1, 0.15) is 0 Å². The molecule has 0 radical (unpaired) electrons. The number of rotatable bonds is 3. The average molecular weight is 272 g/mol. The zero-order valence-electron chi connectivity index (χ0n) is 8.63. The van der Waals surface area contributed by atoms with Crippen LogP contribution >= 0.6 is 15.9 Å². The molecule has 1 unspecified atom stereocenters. The second-order valence-corrected chi connectivity index (χ2v) is 4.56. The molecule has 0 aromatic heterocycles. The number of hydrogen-bond acceptors (Lipinski definition) is 3. The van der Waals surface area contributed by atoms with Gasteiger partial charge in [0, 0.05) is 4.47 Å². The molecule has 0 saturated carbocycles. The number of nitrogens with two attached hydrogens (primary N) is 1. The van der Waals surface area contributed by atoms with E-state index in [1.807, 2.05) is 12.1 Å². The summed E-state index contributed by atoms with van der Waals surface area (Å²) in [6.45, 7) is 3.17. The van der Waals surface area contributed by atoms with E-state index in [-0.39, 0.29) is 0 Å². The predicted octanol–water partition coefficient (Wildman–Crippen LogP) is 2.63. The minimum Gasteiger partial charge on any atom is -0.454 e. The van der Waals surface area contributed by atoms with Gasteiger partial charge >= 0.3 is 0 Å². The third-order valence-corrected chi connectivity index (χ3v) is 3.31. The average Bonchev–Trinajstić information content (AvgIpc) is 2.63. The fourth-order valence-electron chi connectivity index (χ4n) is 1.72. The molecule has 82 valence electrons. The van der Waals surface area contributed by atoms with Gasteiger partial charge in [-0.15, -0.1) is 0 Å². The quantitative estimate of drug-likeness (QED) is 0.919. The number of halogens is 1. The Morgan fingerprint density at radius 1 is 1.40 bits per heavy atom. The van der Waals surface area contributed by atoms with E-state index < -0.39 is 0 Å². The lowest BCUT2D eigenvalue weighted by molar-refractivity contribution is 0.174. The molecule has 0 spiro atoms. The molecule has 1 aliphatic rings. The van der Waals surface area contributed by atoms with Crippen molar-refractivity contribution in [1.29, 1.82) is 0 Å². The van der Waals surface area contributed by atoms with Crippen LogP contribution < -0.4 is 15.2 Å². The highest BCUT2D eigenvalue weighted by Crippen LogP contribution is 2.39. The van der Waals surface area contributed by atoms with Crippen LogP contribution in [0.25, 0.3) is 0 Å². The van der Waals surface area contributed by atoms with Crippen molar-refractivity contribution in [2.75, 3.05) is 13.3 Å². The lowest BCUT2D eigenvalue weighted by atomic mass is 9.97. The first-order valence-electron chi connectivity index (χ1n) is 5.01. The van der Waals surface area contributed by atoms with E-state index in [0.717, 1.165) is 22.4 Å². The number of benzene rings is 1. The molecule has 0 amide bonds. The minimum absolute atomic E-state index is 0.316. The van der Waals surface area contributed by atoms with Crippen molar-refractivity contribution in [1.82, 2.24) is 0 Å². The fraction of sp³-hybridized carbons (Fsp3) is 0.455. The molecule has 1 atom stereocenters. The van der Waals surface area contributed by atoms with Crippen molar-refractivity contribution in [3.8, 4) is 11.5 Å². The molecule has 15 heavy (non-hydrogen) atoms. The molecule has 2 N–H and O–H groups in total. The van der Waals surface area contributed by atoms with Crippen LogP contribution in [-0.2, 0) is 0 Å². The van der Waals surface area contributed by atoms with Crippen molar-refractivity contribution < 1.29 is 9.47 Å². The van der Waals surface area contributed by atoms with Gasteiger partial charge in [-0.25, -0.2) is 0 Å². The van der Waals surface area contributed by atoms with E-state index in [0.29, 0.717) is 19.3 Å². The van der Waals surface area contributed by atoms with Gasteiger partial charge in [0.15, 0.2) is 11.5 Å². The normalized spacial score (nSPS) is 15.4. The Bertz CT molecular complexity index is 368. The molecule has 2 rings (SSSR count). The summed E-state index contributed by atoms with van der Waals surface area (Å²) >= 11 is 3.54. The van der Waals surface area contributed by atoms with Crippen LogP contribution in [0.15, 0.2) is 16.6 Å². The Labute approximate surface area is 97.7 Å². The Morgan fingerprint density at radius 3 is 2.73 bits per heavy atom. The molecular formula is C11H14BrNO2. The monoisotopic (exact) mass is 271 g/mol. The van der Waals surface area contributed by atoms with Gasteiger partial charge < -0.3 is 15.2 Å². The highest BCUT2D eigenvalue weighted by atomic mass is 79.9. The summed E-state index contributed by atoms with van der Waals surface area (Å²) in [6.07, 6.45) is 0.970. The molecule has 1 aromatic rings. The van der Waals surface area contributed by atoms with Gasteiger partial charge in [-0.1, -0.05) is 22.9 Å².